The van der Waals surface area contributed by atoms with Gasteiger partial charge >= 0.3 is 0 Å². The summed E-state index contributed by atoms with van der Waals surface area (Å²) in [4.78, 5) is 44.3. The molecule has 2 amide bonds. The van der Waals surface area contributed by atoms with E-state index in [2.05, 4.69) is 25.8 Å². The fourth-order valence-corrected chi connectivity index (χ4v) is 7.47. The van der Waals surface area contributed by atoms with E-state index in [1.165, 1.54) is 0 Å². The minimum Gasteiger partial charge on any atom is -0.480 e. The standard InChI is InChI=1S/C35H36Cl2N8O4/c1-48-33-27(14-38-13-20-9-10-29(46)41-20)39-15-25(42-33)23-7-3-5-21(31(23)36)22-6-4-8-24(32(22)37)26-16-40-28(34(43-26)49-2)17-45-18-35(19-45)12-11-30(47)44-35/h3-8,15-16,20,38H,9-14,17-19H2,1-2H3,(H,41,46)(H,44,47). The van der Waals surface area contributed by atoms with E-state index in [0.717, 1.165) is 37.1 Å². The Hall–Kier alpha value is -4.36. The van der Waals surface area contributed by atoms with Crippen molar-refractivity contribution in [3.63, 3.8) is 0 Å². The number of nitrogens with zero attached hydrogens (tertiary/aromatic N) is 5. The Kier molecular flexibility index (Phi) is 9.38. The number of amides is 2. The van der Waals surface area contributed by atoms with Gasteiger partial charge in [-0.05, 0) is 12.8 Å². The highest BCUT2D eigenvalue weighted by atomic mass is 35.5. The van der Waals surface area contributed by atoms with Gasteiger partial charge in [0.2, 0.25) is 23.6 Å². The van der Waals surface area contributed by atoms with Gasteiger partial charge in [0.25, 0.3) is 0 Å². The number of carbonyl (C=O) groups is 2. The Morgan fingerprint density at radius 1 is 0.857 bits per heavy atom. The molecule has 5 heterocycles. The van der Waals surface area contributed by atoms with Gasteiger partial charge in [0.1, 0.15) is 11.4 Å². The van der Waals surface area contributed by atoms with Crippen LogP contribution >= 0.6 is 23.2 Å². The molecule has 4 aromatic rings. The van der Waals surface area contributed by atoms with Crippen LogP contribution in [0.25, 0.3) is 33.6 Å². The summed E-state index contributed by atoms with van der Waals surface area (Å²) in [5.41, 5.74) is 5.18. The van der Waals surface area contributed by atoms with E-state index in [4.69, 9.17) is 47.6 Å². The van der Waals surface area contributed by atoms with Crippen LogP contribution in [0.3, 0.4) is 0 Å². The van der Waals surface area contributed by atoms with Crippen molar-refractivity contribution in [2.75, 3.05) is 33.9 Å². The van der Waals surface area contributed by atoms with Crippen LogP contribution in [0.2, 0.25) is 10.0 Å². The monoisotopic (exact) mass is 702 g/mol. The molecule has 1 atom stereocenters. The first-order valence-corrected chi connectivity index (χ1v) is 16.9. The number of halogens is 2. The molecular weight excluding hydrogens is 667 g/mol. The van der Waals surface area contributed by atoms with E-state index in [1.807, 2.05) is 36.4 Å². The number of aromatic nitrogens is 4. The number of rotatable bonds is 11. The van der Waals surface area contributed by atoms with E-state index in [0.29, 0.717) is 88.2 Å². The summed E-state index contributed by atoms with van der Waals surface area (Å²) in [7, 11) is 3.13. The fraction of sp³-hybridized carbons (Fsp3) is 0.371. The van der Waals surface area contributed by atoms with Gasteiger partial charge in [0.05, 0.1) is 53.6 Å². The molecule has 3 N–H and O–H groups in total. The van der Waals surface area contributed by atoms with Crippen LogP contribution in [0.1, 0.15) is 37.1 Å². The van der Waals surface area contributed by atoms with Gasteiger partial charge in [-0.3, -0.25) is 24.5 Å². The maximum atomic E-state index is 11.7. The fourth-order valence-electron chi connectivity index (χ4n) is 6.83. The summed E-state index contributed by atoms with van der Waals surface area (Å²) in [6.07, 6.45) is 6.19. The molecule has 49 heavy (non-hydrogen) atoms. The lowest BCUT2D eigenvalue weighted by Crippen LogP contribution is -2.66. The van der Waals surface area contributed by atoms with Crippen LogP contribution in [-0.2, 0) is 22.7 Å². The number of nitrogens with one attached hydrogen (secondary N) is 3. The highest BCUT2D eigenvalue weighted by molar-refractivity contribution is 6.39. The topological polar surface area (TPSA) is 143 Å². The zero-order chi connectivity index (χ0) is 34.1. The van der Waals surface area contributed by atoms with Crippen LogP contribution in [0, 0.1) is 0 Å². The molecular formula is C35H36Cl2N8O4. The van der Waals surface area contributed by atoms with Crippen molar-refractivity contribution in [1.29, 1.82) is 0 Å². The predicted octanol–water partition coefficient (Wildman–Crippen LogP) is 4.42. The lowest BCUT2D eigenvalue weighted by molar-refractivity contribution is -0.121. The molecule has 2 aromatic heterocycles. The smallest absolute Gasteiger partial charge is 0.237 e. The van der Waals surface area contributed by atoms with E-state index in [9.17, 15) is 9.59 Å². The van der Waals surface area contributed by atoms with Gasteiger partial charge in [-0.1, -0.05) is 59.6 Å². The molecule has 3 fully saturated rings. The third kappa shape index (κ3) is 6.78. The van der Waals surface area contributed by atoms with E-state index in [-0.39, 0.29) is 23.4 Å². The summed E-state index contributed by atoms with van der Waals surface area (Å²) in [6.45, 7) is 3.19. The lowest BCUT2D eigenvalue weighted by Gasteiger charge is -2.47. The van der Waals surface area contributed by atoms with Crippen LogP contribution in [0.4, 0.5) is 0 Å². The maximum Gasteiger partial charge on any atom is 0.237 e. The molecule has 12 nitrogen and oxygen atoms in total. The Morgan fingerprint density at radius 2 is 1.45 bits per heavy atom. The molecule has 2 aromatic carbocycles. The first-order chi connectivity index (χ1) is 23.8. The summed E-state index contributed by atoms with van der Waals surface area (Å²) < 4.78 is 11.2. The number of carbonyl (C=O) groups excluding carboxylic acids is 2. The summed E-state index contributed by atoms with van der Waals surface area (Å²) in [5, 5.41) is 10.3. The third-order valence-corrected chi connectivity index (χ3v) is 10.1. The Bertz CT molecular complexity index is 1920. The number of methoxy groups -OCH3 is 2. The highest BCUT2D eigenvalue weighted by Crippen LogP contribution is 2.42. The molecule has 254 valence electrons. The average Bonchev–Trinajstić information content (AvgIpc) is 3.70. The zero-order valence-corrected chi connectivity index (χ0v) is 28.7. The van der Waals surface area contributed by atoms with E-state index >= 15 is 0 Å². The minimum absolute atomic E-state index is 0.0814. The predicted molar refractivity (Wildman–Crippen MR) is 185 cm³/mol. The summed E-state index contributed by atoms with van der Waals surface area (Å²) >= 11 is 14.1. The molecule has 0 bridgehead atoms. The van der Waals surface area contributed by atoms with Crippen molar-refractivity contribution < 1.29 is 19.1 Å². The van der Waals surface area contributed by atoms with Crippen molar-refractivity contribution in [1.82, 2.24) is 40.8 Å². The first kappa shape index (κ1) is 33.2. The van der Waals surface area contributed by atoms with Crippen molar-refractivity contribution in [3.8, 4) is 45.4 Å². The molecule has 7 rings (SSSR count). The zero-order valence-electron chi connectivity index (χ0n) is 27.2. The Morgan fingerprint density at radius 3 is 2.00 bits per heavy atom. The van der Waals surface area contributed by atoms with E-state index < -0.39 is 0 Å². The third-order valence-electron chi connectivity index (χ3n) is 9.28. The van der Waals surface area contributed by atoms with Gasteiger partial charge in [0.15, 0.2) is 0 Å². The highest BCUT2D eigenvalue weighted by Gasteiger charge is 2.47. The van der Waals surface area contributed by atoms with Crippen LogP contribution in [-0.4, -0.2) is 82.1 Å². The van der Waals surface area contributed by atoms with Crippen LogP contribution < -0.4 is 25.4 Å². The van der Waals surface area contributed by atoms with Crippen molar-refractivity contribution >= 4 is 35.0 Å². The average molecular weight is 704 g/mol. The van der Waals surface area contributed by atoms with Crippen LogP contribution in [0.15, 0.2) is 48.8 Å². The quantitative estimate of drug-likeness (QED) is 0.206. The molecule has 3 aliphatic rings. The van der Waals surface area contributed by atoms with Crippen molar-refractivity contribution in [3.05, 3.63) is 70.2 Å². The van der Waals surface area contributed by atoms with Crippen molar-refractivity contribution in [2.45, 2.75) is 50.4 Å². The molecule has 3 saturated heterocycles. The minimum atomic E-state index is -0.111. The molecule has 0 saturated carbocycles. The van der Waals surface area contributed by atoms with Gasteiger partial charge in [-0.25, -0.2) is 9.97 Å². The van der Waals surface area contributed by atoms with Crippen LogP contribution in [0.5, 0.6) is 11.8 Å². The molecule has 0 aliphatic carbocycles. The summed E-state index contributed by atoms with van der Waals surface area (Å²) in [5.74, 6) is 1.01. The number of ether oxygens (including phenoxy) is 2. The molecule has 1 unspecified atom stereocenters. The number of benzene rings is 2. The molecule has 14 heteroatoms. The number of hydrogen-bond donors (Lipinski definition) is 3. The van der Waals surface area contributed by atoms with Gasteiger partial charge in [-0.15, -0.1) is 0 Å². The second kappa shape index (κ2) is 13.9. The number of likely N-dealkylation sites (tertiary alicyclic amines) is 1. The molecule has 1 spiro atoms. The second-order valence-electron chi connectivity index (χ2n) is 12.7. The molecule has 0 radical (unpaired) electrons. The van der Waals surface area contributed by atoms with Gasteiger partial charge in [-0.2, -0.15) is 0 Å². The Labute approximate surface area is 294 Å². The maximum absolute atomic E-state index is 11.7. The largest absolute Gasteiger partial charge is 0.480 e. The molecule has 3 aliphatic heterocycles. The van der Waals surface area contributed by atoms with Crippen molar-refractivity contribution in [2.24, 2.45) is 0 Å². The first-order valence-electron chi connectivity index (χ1n) is 16.2. The second-order valence-corrected chi connectivity index (χ2v) is 13.4. The van der Waals surface area contributed by atoms with E-state index in [1.54, 1.807) is 26.6 Å². The lowest BCUT2D eigenvalue weighted by atomic mass is 9.88. The Balaban J connectivity index is 1.10. The summed E-state index contributed by atoms with van der Waals surface area (Å²) in [6, 6.07) is 11.5. The normalized spacial score (nSPS) is 18.3. The number of hydrogen-bond acceptors (Lipinski definition) is 10. The van der Waals surface area contributed by atoms with Gasteiger partial charge < -0.3 is 25.4 Å². The van der Waals surface area contributed by atoms with Gasteiger partial charge in [0, 0.05) is 73.9 Å². The SMILES string of the molecule is COc1nc(-c2cccc(-c3cccc(-c4cnc(CN5CC6(CCC(=O)N6)C5)c(OC)n4)c3Cl)c2Cl)cnc1CNCC1CCC(=O)N1.